The summed E-state index contributed by atoms with van der Waals surface area (Å²) in [5.74, 6) is -1.86. The van der Waals surface area contributed by atoms with Gasteiger partial charge in [0.05, 0.1) is 25.7 Å². The van der Waals surface area contributed by atoms with Gasteiger partial charge in [-0.2, -0.15) is 0 Å². The summed E-state index contributed by atoms with van der Waals surface area (Å²) in [4.78, 5) is 60.1. The van der Waals surface area contributed by atoms with Crippen molar-refractivity contribution in [3.8, 4) is 0 Å². The molecule has 2 N–H and O–H groups in total. The summed E-state index contributed by atoms with van der Waals surface area (Å²) >= 11 is 0. The number of cyclic esters (lactones) is 1. The maximum absolute atomic E-state index is 13.6. The number of Topliss-reactive ketones (excluding diaryl/α,β-unsaturated/α-hetero) is 1. The Morgan fingerprint density at radius 1 is 1.14 bits per heavy atom. The second-order valence-electron chi connectivity index (χ2n) is 11.8. The molecule has 240 valence electrons. The summed E-state index contributed by atoms with van der Waals surface area (Å²) in [7, 11) is 0. The summed E-state index contributed by atoms with van der Waals surface area (Å²) in [6.07, 6.45) is 8.62. The highest BCUT2D eigenvalue weighted by Crippen LogP contribution is 2.26. The van der Waals surface area contributed by atoms with E-state index in [1.54, 1.807) is 31.2 Å². The lowest BCUT2D eigenvalue weighted by Gasteiger charge is -2.35. The first-order chi connectivity index (χ1) is 21.1. The number of ketones is 1. The third kappa shape index (κ3) is 9.44. The van der Waals surface area contributed by atoms with E-state index in [4.69, 9.17) is 13.9 Å². The monoisotopic (exact) mass is 612 g/mol. The van der Waals surface area contributed by atoms with E-state index in [2.05, 4.69) is 15.2 Å². The Kier molecular flexibility index (Phi) is 12.0. The molecule has 3 aliphatic rings. The summed E-state index contributed by atoms with van der Waals surface area (Å²) in [6.45, 7) is 9.90. The second kappa shape index (κ2) is 15.9. The largest absolute Gasteiger partial charge is 0.460 e. The number of aromatic nitrogens is 1. The van der Waals surface area contributed by atoms with Crippen LogP contribution in [0, 0.1) is 11.8 Å². The quantitative estimate of drug-likeness (QED) is 0.484. The molecule has 0 radical (unpaired) electrons. The average Bonchev–Trinajstić information content (AvgIpc) is 3.66. The second-order valence-corrected chi connectivity index (χ2v) is 11.8. The normalized spacial score (nSPS) is 28.5. The van der Waals surface area contributed by atoms with Crippen LogP contribution >= 0.6 is 0 Å². The summed E-state index contributed by atoms with van der Waals surface area (Å²) in [6, 6.07) is -0.791. The molecule has 0 aliphatic carbocycles. The minimum atomic E-state index is -1.02. The number of morpholine rings is 1. The van der Waals surface area contributed by atoms with Gasteiger partial charge in [0.1, 0.15) is 24.2 Å². The van der Waals surface area contributed by atoms with Gasteiger partial charge in [-0.25, -0.2) is 9.78 Å². The Bertz CT molecular complexity index is 1260. The predicted octanol–water partition coefficient (Wildman–Crippen LogP) is 1.85. The van der Waals surface area contributed by atoms with Crippen molar-refractivity contribution in [1.29, 1.82) is 0 Å². The lowest BCUT2D eigenvalue weighted by Crippen LogP contribution is -2.46. The van der Waals surface area contributed by atoms with Gasteiger partial charge in [-0.05, 0) is 25.8 Å². The number of ether oxygens (including phenoxy) is 2. The highest BCUT2D eigenvalue weighted by Gasteiger charge is 2.39. The van der Waals surface area contributed by atoms with Crippen LogP contribution < -0.4 is 5.32 Å². The number of amides is 2. The highest BCUT2D eigenvalue weighted by molar-refractivity contribution is 5.95. The number of rotatable bonds is 3. The molecular weight excluding hydrogens is 568 g/mol. The number of carbonyl (C=O) groups is 4. The van der Waals surface area contributed by atoms with Crippen LogP contribution in [0.1, 0.15) is 56.4 Å². The highest BCUT2D eigenvalue weighted by atomic mass is 16.5. The van der Waals surface area contributed by atoms with Gasteiger partial charge in [0.25, 0.3) is 5.91 Å². The van der Waals surface area contributed by atoms with Crippen LogP contribution in [0.25, 0.3) is 0 Å². The number of aliphatic hydroxyl groups excluding tert-OH is 1. The molecule has 1 unspecified atom stereocenters. The average molecular weight is 613 g/mol. The minimum absolute atomic E-state index is 0.00636. The third-order valence-corrected chi connectivity index (χ3v) is 8.10. The maximum atomic E-state index is 13.6. The van der Waals surface area contributed by atoms with E-state index < -0.39 is 30.1 Å². The van der Waals surface area contributed by atoms with Crippen molar-refractivity contribution in [3.05, 3.63) is 53.8 Å². The van der Waals surface area contributed by atoms with Crippen molar-refractivity contribution in [2.24, 2.45) is 11.8 Å². The van der Waals surface area contributed by atoms with E-state index in [-0.39, 0.29) is 54.5 Å². The van der Waals surface area contributed by atoms with E-state index in [9.17, 15) is 24.3 Å². The minimum Gasteiger partial charge on any atom is -0.460 e. The molecule has 44 heavy (non-hydrogen) atoms. The van der Waals surface area contributed by atoms with Crippen LogP contribution in [0.4, 0.5) is 0 Å². The van der Waals surface area contributed by atoms with E-state index >= 15 is 0 Å². The molecule has 0 aromatic carbocycles. The van der Waals surface area contributed by atoms with Gasteiger partial charge >= 0.3 is 5.97 Å². The molecule has 0 saturated carbocycles. The summed E-state index contributed by atoms with van der Waals surface area (Å²) in [5.41, 5.74) is 0.733. The van der Waals surface area contributed by atoms with Crippen LogP contribution in [0.3, 0.4) is 0 Å². The molecule has 1 aromatic rings. The van der Waals surface area contributed by atoms with E-state index in [1.807, 2.05) is 13.8 Å². The van der Waals surface area contributed by atoms with Crippen molar-refractivity contribution in [2.75, 3.05) is 45.9 Å². The van der Waals surface area contributed by atoms with E-state index in [0.29, 0.717) is 39.1 Å². The number of hydrogen-bond acceptors (Lipinski definition) is 10. The molecule has 4 rings (SSSR count). The number of nitrogens with zero attached hydrogens (tertiary/aromatic N) is 3. The van der Waals surface area contributed by atoms with Crippen LogP contribution in [-0.4, -0.2) is 108 Å². The number of nitrogens with one attached hydrogen (secondary N) is 1. The Hall–Kier alpha value is -3.61. The van der Waals surface area contributed by atoms with E-state index in [0.717, 1.165) is 18.7 Å². The molecule has 5 atom stereocenters. The maximum Gasteiger partial charge on any atom is 0.329 e. The van der Waals surface area contributed by atoms with Crippen molar-refractivity contribution in [3.63, 3.8) is 0 Å². The molecular formula is C32H44N4O8. The molecule has 1 aromatic heterocycles. The molecule has 0 spiro atoms. The van der Waals surface area contributed by atoms with Crippen molar-refractivity contribution in [1.82, 2.24) is 20.1 Å². The number of allylic oxidation sites excluding steroid dienone is 2. The molecule has 2 saturated heterocycles. The Morgan fingerprint density at radius 3 is 2.68 bits per heavy atom. The number of aliphatic hydroxyl groups is 1. The van der Waals surface area contributed by atoms with E-state index in [1.165, 1.54) is 17.2 Å². The van der Waals surface area contributed by atoms with Gasteiger partial charge in [0.2, 0.25) is 11.8 Å². The molecule has 3 aliphatic heterocycles. The van der Waals surface area contributed by atoms with Crippen LogP contribution in [-0.2, 0) is 30.3 Å². The predicted molar refractivity (Wildman–Crippen MR) is 160 cm³/mol. The van der Waals surface area contributed by atoms with Crippen LogP contribution in [0.15, 0.2) is 46.6 Å². The fraction of sp³-hybridized carbons (Fsp3) is 0.594. The van der Waals surface area contributed by atoms with Crippen molar-refractivity contribution < 1.29 is 38.2 Å². The van der Waals surface area contributed by atoms with Gasteiger partial charge < -0.3 is 29.2 Å². The number of fused-ring (bicyclic) bond motifs is 3. The van der Waals surface area contributed by atoms with Gasteiger partial charge in [-0.3, -0.25) is 19.3 Å². The lowest BCUT2D eigenvalue weighted by atomic mass is 9.92. The first-order valence-electron chi connectivity index (χ1n) is 15.4. The Balaban J connectivity index is 1.57. The summed E-state index contributed by atoms with van der Waals surface area (Å²) in [5, 5.41) is 13.1. The topological polar surface area (TPSA) is 152 Å². The van der Waals surface area contributed by atoms with Crippen LogP contribution in [0.2, 0.25) is 0 Å². The van der Waals surface area contributed by atoms with Crippen molar-refractivity contribution >= 4 is 23.6 Å². The molecule has 4 heterocycles. The molecule has 12 nitrogen and oxygen atoms in total. The molecule has 12 heteroatoms. The number of oxazole rings is 1. The summed E-state index contributed by atoms with van der Waals surface area (Å²) < 4.78 is 17.0. The fourth-order valence-electron chi connectivity index (χ4n) is 5.85. The Morgan fingerprint density at radius 2 is 1.91 bits per heavy atom. The lowest BCUT2D eigenvalue weighted by molar-refractivity contribution is -0.159. The number of carbonyl (C=O) groups excluding carboxylic acids is 4. The zero-order valence-corrected chi connectivity index (χ0v) is 25.8. The molecule has 2 bridgehead atoms. The smallest absolute Gasteiger partial charge is 0.329 e. The number of esters is 1. The van der Waals surface area contributed by atoms with Gasteiger partial charge in [0.15, 0.2) is 5.69 Å². The van der Waals surface area contributed by atoms with Gasteiger partial charge in [0, 0.05) is 51.0 Å². The molecule has 2 amide bonds. The van der Waals surface area contributed by atoms with Gasteiger partial charge in [-0.15, -0.1) is 0 Å². The van der Waals surface area contributed by atoms with Gasteiger partial charge in [-0.1, -0.05) is 43.7 Å². The first-order valence-corrected chi connectivity index (χ1v) is 15.4. The van der Waals surface area contributed by atoms with Crippen molar-refractivity contribution in [2.45, 2.75) is 64.7 Å². The standard InChI is InChI=1S/C32H44N4O8/c1-21-6-4-10-33-28(39)9-8-22(2)30(23(3)19-35-12-14-42-15-13-35)44-32(41)27-7-5-11-36(27)31(40)26-20-43-29(34-26)18-25(38)17-24(37)16-21/h4,6,8-9,16,20,22-24,27,30,37H,5,7,10-15,17-19H2,1-3H3,(H,33,39)/b6-4?,9-8+,21-16?/t22-,23?,24-,27-,30+/m1/s1. The van der Waals surface area contributed by atoms with Crippen LogP contribution in [0.5, 0.6) is 0 Å². The molecule has 2 fully saturated rings. The zero-order chi connectivity index (χ0) is 31.6. The SMILES string of the molecule is CC1=C[C@@H](O)CC(=O)Cc2nc(co2)C(=O)N2CCC[C@@H]2C(=O)O[C@H](C(C)CN2CCOCC2)[C@H](C)/C=C/C(=O)NCC=C1. The third-order valence-electron chi connectivity index (χ3n) is 8.10. The fourth-order valence-corrected chi connectivity index (χ4v) is 5.85. The Labute approximate surface area is 258 Å². The first kappa shape index (κ1) is 33.3. The zero-order valence-electron chi connectivity index (χ0n) is 25.8. The number of hydrogen-bond donors (Lipinski definition) is 2.